The van der Waals surface area contributed by atoms with Gasteiger partial charge in [0, 0.05) is 0 Å². The van der Waals surface area contributed by atoms with Crippen LogP contribution in [0.3, 0.4) is 0 Å². The van der Waals surface area contributed by atoms with E-state index in [1.165, 1.54) is 26.2 Å². The Morgan fingerprint density at radius 2 is 0.875 bits per heavy atom. The molecule has 0 aliphatic heterocycles. The first-order valence-electron chi connectivity index (χ1n) is 13.6. The first-order chi connectivity index (χ1) is 18.0. The SMILES string of the molecule is CC[Si](CC)(OO[Si](=O)OO[Si](CC)(CC)C(C)O[Si](C)(C)C(F)(F)C(C)F)C(C)O[Si](C)(C)C(F)(F)C(C)F. The quantitative estimate of drug-likeness (QED) is 0.0568. The van der Waals surface area contributed by atoms with Crippen LogP contribution in [-0.2, 0) is 31.6 Å². The summed E-state index contributed by atoms with van der Waals surface area (Å²) in [6, 6.07) is 1.37. The maximum absolute atomic E-state index is 14.5. The van der Waals surface area contributed by atoms with Gasteiger partial charge in [0.25, 0.3) is 44.4 Å². The molecule has 40 heavy (non-hydrogen) atoms. The molecule has 4 unspecified atom stereocenters. The highest BCUT2D eigenvalue weighted by atomic mass is 28.4. The molecule has 0 aromatic rings. The third-order valence-corrected chi connectivity index (χ3v) is 23.9. The van der Waals surface area contributed by atoms with E-state index in [9.17, 15) is 30.8 Å². The number of halogens is 6. The largest absolute Gasteiger partial charge is 0.833 e. The first-order valence-corrected chi connectivity index (χ1v) is 25.5. The van der Waals surface area contributed by atoms with E-state index in [4.69, 9.17) is 27.2 Å². The van der Waals surface area contributed by atoms with Gasteiger partial charge in [-0.3, -0.25) is 4.46 Å². The second-order valence-corrected chi connectivity index (χ2v) is 28.9. The van der Waals surface area contributed by atoms with Crippen molar-refractivity contribution < 1.29 is 58.0 Å². The van der Waals surface area contributed by atoms with Crippen molar-refractivity contribution in [3.05, 3.63) is 0 Å². The Balaban J connectivity index is 5.58. The van der Waals surface area contributed by atoms with E-state index >= 15 is 0 Å². The maximum Gasteiger partial charge on any atom is 0.833 e. The number of hydrogen-bond donors (Lipinski definition) is 0. The van der Waals surface area contributed by atoms with Gasteiger partial charge in [-0.2, -0.15) is 0 Å². The van der Waals surface area contributed by atoms with Gasteiger partial charge in [0.1, 0.15) is 0 Å². The summed E-state index contributed by atoms with van der Waals surface area (Å²) >= 11 is 0. The van der Waals surface area contributed by atoms with E-state index in [0.717, 1.165) is 13.8 Å². The van der Waals surface area contributed by atoms with Gasteiger partial charge >= 0.3 is 9.17 Å². The Morgan fingerprint density at radius 3 is 1.07 bits per heavy atom. The molecule has 0 heterocycles. The van der Waals surface area contributed by atoms with Crippen LogP contribution in [0.25, 0.3) is 0 Å². The van der Waals surface area contributed by atoms with Crippen molar-refractivity contribution in [3.8, 4) is 0 Å². The molecule has 0 N–H and O–H groups in total. The molecule has 7 nitrogen and oxygen atoms in total. The zero-order valence-electron chi connectivity index (χ0n) is 25.8. The lowest BCUT2D eigenvalue weighted by molar-refractivity contribution is -0.212. The molecule has 0 aromatic carbocycles. The van der Waals surface area contributed by atoms with E-state index in [0.29, 0.717) is 24.2 Å². The normalized spacial score (nSPS) is 17.2. The van der Waals surface area contributed by atoms with Crippen molar-refractivity contribution in [2.45, 2.75) is 141 Å². The molecule has 0 aromatic heterocycles. The smallest absolute Gasteiger partial charge is 0.408 e. The molecule has 0 aliphatic carbocycles. The summed E-state index contributed by atoms with van der Waals surface area (Å²) in [5.41, 5.74) is -9.01. The predicted molar refractivity (Wildman–Crippen MR) is 151 cm³/mol. The van der Waals surface area contributed by atoms with E-state index in [1.54, 1.807) is 41.5 Å². The second-order valence-electron chi connectivity index (χ2n) is 11.1. The van der Waals surface area contributed by atoms with Gasteiger partial charge in [0.05, 0.1) is 11.5 Å². The van der Waals surface area contributed by atoms with Gasteiger partial charge in [0.15, 0.2) is 12.3 Å². The Bertz CT molecular complexity index is 738. The summed E-state index contributed by atoms with van der Waals surface area (Å²) < 4.78 is 131. The molecule has 0 spiro atoms. The number of rotatable bonds is 20. The minimum atomic E-state index is -3.88. The second kappa shape index (κ2) is 15.1. The summed E-state index contributed by atoms with van der Waals surface area (Å²) in [4.78, 5) is 0. The van der Waals surface area contributed by atoms with Crippen LogP contribution in [0.5, 0.6) is 0 Å². The van der Waals surface area contributed by atoms with Crippen molar-refractivity contribution in [2.24, 2.45) is 0 Å². The molecular weight excluding hydrogens is 631 g/mol. The predicted octanol–water partition coefficient (Wildman–Crippen LogP) is 7.63. The van der Waals surface area contributed by atoms with Crippen LogP contribution in [0.2, 0.25) is 50.4 Å². The topological polar surface area (TPSA) is 72.5 Å². The molecule has 0 saturated carbocycles. The van der Waals surface area contributed by atoms with E-state index in [-0.39, 0.29) is 0 Å². The van der Waals surface area contributed by atoms with Crippen LogP contribution in [-0.4, -0.2) is 77.3 Å². The molecule has 0 amide bonds. The molecule has 0 radical (unpaired) electrons. The summed E-state index contributed by atoms with van der Waals surface area (Å²) in [5.74, 6) is 0. The van der Waals surface area contributed by atoms with Gasteiger partial charge in [-0.05, 0) is 78.1 Å². The monoisotopic (exact) mass is 678 g/mol. The van der Waals surface area contributed by atoms with Crippen LogP contribution in [0.4, 0.5) is 26.3 Å². The van der Waals surface area contributed by atoms with Gasteiger partial charge in [0.2, 0.25) is 0 Å². The lowest BCUT2D eigenvalue weighted by Gasteiger charge is -2.40. The van der Waals surface area contributed by atoms with Crippen molar-refractivity contribution in [1.82, 2.24) is 0 Å². The first kappa shape index (κ1) is 39.9. The average molecular weight is 679 g/mol. The van der Waals surface area contributed by atoms with E-state index < -0.39 is 77.3 Å². The van der Waals surface area contributed by atoms with Crippen molar-refractivity contribution >= 4 is 42.4 Å². The van der Waals surface area contributed by atoms with Crippen molar-refractivity contribution in [1.29, 1.82) is 0 Å². The lowest BCUT2D eigenvalue weighted by atomic mass is 10.5. The third kappa shape index (κ3) is 8.96. The molecule has 0 rings (SSSR count). The summed E-state index contributed by atoms with van der Waals surface area (Å²) in [7, 11) is -17.4. The van der Waals surface area contributed by atoms with Crippen LogP contribution in [0.15, 0.2) is 0 Å². The number of alkyl halides is 6. The molecular formula is C22H48F6O7Si5. The third-order valence-electron chi connectivity index (χ3n) is 7.97. The van der Waals surface area contributed by atoms with Crippen LogP contribution in [0.1, 0.15) is 55.4 Å². The molecule has 0 saturated heterocycles. The van der Waals surface area contributed by atoms with Crippen LogP contribution < -0.4 is 0 Å². The summed E-state index contributed by atoms with van der Waals surface area (Å²) in [5, 5.41) is 0. The fourth-order valence-electron chi connectivity index (χ4n) is 4.48. The Labute approximate surface area is 240 Å². The number of hydrogen-bond acceptors (Lipinski definition) is 7. The van der Waals surface area contributed by atoms with Gasteiger partial charge in [-0.1, -0.05) is 27.7 Å². The Hall–Kier alpha value is -0.0956. The molecule has 4 atom stereocenters. The van der Waals surface area contributed by atoms with Crippen molar-refractivity contribution in [2.75, 3.05) is 0 Å². The molecule has 0 aliphatic rings. The highest BCUT2D eigenvalue weighted by Gasteiger charge is 2.59. The van der Waals surface area contributed by atoms with E-state index in [2.05, 4.69) is 0 Å². The van der Waals surface area contributed by atoms with Crippen LogP contribution >= 0.6 is 0 Å². The average Bonchev–Trinajstić information content (AvgIpc) is 2.84. The van der Waals surface area contributed by atoms with Crippen LogP contribution in [0, 0.1) is 0 Å². The molecule has 18 heteroatoms. The van der Waals surface area contributed by atoms with Crippen molar-refractivity contribution in [3.63, 3.8) is 0 Å². The minimum Gasteiger partial charge on any atom is -0.408 e. The maximum atomic E-state index is 14.5. The standard InChI is InChI=1S/C22H48F6O7Si5/c1-13-39(14-2,19(7)30-37(9,10)21(25,26)17(5)23)34-32-36(29)33-35-40(15-3,16-4)20(8)31-38(11,12)22(27,28)18(6)24/h17-20H,13-16H2,1-12H3. The minimum absolute atomic E-state index is 0.344. The van der Waals surface area contributed by atoms with Gasteiger partial charge in [-0.25, -0.2) is 35.5 Å². The van der Waals surface area contributed by atoms with E-state index in [1.807, 2.05) is 0 Å². The fraction of sp³-hybridized carbons (Fsp3) is 1.00. The summed E-state index contributed by atoms with van der Waals surface area (Å²) in [6.45, 7) is 16.6. The lowest BCUT2D eigenvalue weighted by Crippen LogP contribution is -2.61. The Morgan fingerprint density at radius 1 is 0.625 bits per heavy atom. The highest BCUT2D eigenvalue weighted by molar-refractivity contribution is 6.79. The van der Waals surface area contributed by atoms with Gasteiger partial charge in [-0.15, -0.1) is 0 Å². The zero-order valence-corrected chi connectivity index (χ0v) is 30.8. The summed E-state index contributed by atoms with van der Waals surface area (Å²) in [6.07, 6.45) is -4.79. The Kier molecular flexibility index (Phi) is 15.0. The molecule has 0 fully saturated rings. The molecule has 240 valence electrons. The van der Waals surface area contributed by atoms with Gasteiger partial charge < -0.3 is 18.0 Å². The fourth-order valence-corrected chi connectivity index (χ4v) is 17.9. The molecule has 0 bridgehead atoms. The highest BCUT2D eigenvalue weighted by Crippen LogP contribution is 2.38. The zero-order chi connectivity index (χ0) is 32.0.